The normalized spacial score (nSPS) is 14.0. The highest BCUT2D eigenvalue weighted by Crippen LogP contribution is 2.31. The molecule has 1 aliphatic rings. The number of rotatable bonds is 11. The lowest BCUT2D eigenvalue weighted by Gasteiger charge is -2.28. The number of amides is 2. The van der Waals surface area contributed by atoms with Gasteiger partial charge in [0.2, 0.25) is 0 Å². The van der Waals surface area contributed by atoms with Gasteiger partial charge >= 0.3 is 0 Å². The van der Waals surface area contributed by atoms with Crippen LogP contribution in [0, 0.1) is 19.3 Å². The predicted molar refractivity (Wildman–Crippen MR) is 161 cm³/mol. The van der Waals surface area contributed by atoms with E-state index in [0.29, 0.717) is 34.6 Å². The van der Waals surface area contributed by atoms with Crippen LogP contribution in [-0.4, -0.2) is 76.2 Å². The smallest absolute Gasteiger partial charge is 0.261 e. The molecule has 1 atom stereocenters. The Morgan fingerprint density at radius 3 is 2.52 bits per heavy atom. The van der Waals surface area contributed by atoms with Crippen molar-refractivity contribution in [1.82, 2.24) is 25.2 Å². The molecule has 2 aromatic carbocycles. The summed E-state index contributed by atoms with van der Waals surface area (Å²) in [5.74, 6) is 0.259. The van der Waals surface area contributed by atoms with E-state index >= 15 is 0 Å². The zero-order valence-corrected chi connectivity index (χ0v) is 24.4. The zero-order valence-electron chi connectivity index (χ0n) is 24.4. The van der Waals surface area contributed by atoms with Gasteiger partial charge in [-0.3, -0.25) is 19.3 Å². The highest BCUT2D eigenvalue weighted by Gasteiger charge is 2.39. The summed E-state index contributed by atoms with van der Waals surface area (Å²) in [7, 11) is 1.83. The Morgan fingerprint density at radius 2 is 1.81 bits per heavy atom. The van der Waals surface area contributed by atoms with E-state index in [2.05, 4.69) is 25.6 Å². The van der Waals surface area contributed by atoms with Crippen LogP contribution in [0.5, 0.6) is 5.75 Å². The molecule has 42 heavy (non-hydrogen) atoms. The lowest BCUT2D eigenvalue weighted by atomic mass is 9.93. The molecule has 0 spiro atoms. The van der Waals surface area contributed by atoms with Gasteiger partial charge in [0, 0.05) is 25.8 Å². The van der Waals surface area contributed by atoms with Crippen molar-refractivity contribution < 1.29 is 19.4 Å². The van der Waals surface area contributed by atoms with E-state index in [-0.39, 0.29) is 53.9 Å². The number of aromatic nitrogens is 3. The fourth-order valence-corrected chi connectivity index (χ4v) is 5.31. The van der Waals surface area contributed by atoms with Crippen LogP contribution < -0.4 is 20.9 Å². The van der Waals surface area contributed by atoms with Crippen LogP contribution in [0.15, 0.2) is 47.4 Å². The molecule has 0 saturated heterocycles. The summed E-state index contributed by atoms with van der Waals surface area (Å²) in [5, 5.41) is 16.8. The van der Waals surface area contributed by atoms with Crippen molar-refractivity contribution in [2.75, 3.05) is 38.6 Å². The number of anilines is 1. The van der Waals surface area contributed by atoms with E-state index in [9.17, 15) is 19.5 Å². The number of nitrogens with one attached hydrogen (secondary N) is 4. The predicted octanol–water partition coefficient (Wildman–Crippen LogP) is 3.23. The maximum atomic E-state index is 13.2. The van der Waals surface area contributed by atoms with E-state index < -0.39 is 11.7 Å². The van der Waals surface area contributed by atoms with Gasteiger partial charge in [0.05, 0.1) is 27.8 Å². The monoisotopic (exact) mass is 572 g/mol. The number of aliphatic hydroxyl groups excluding tert-OH is 1. The number of hydrogen-bond acceptors (Lipinski definition) is 8. The Morgan fingerprint density at radius 1 is 1.07 bits per heavy atom. The lowest BCUT2D eigenvalue weighted by molar-refractivity contribution is 0.0591. The van der Waals surface area contributed by atoms with Gasteiger partial charge < -0.3 is 30.4 Å². The van der Waals surface area contributed by atoms with Gasteiger partial charge in [0.15, 0.2) is 0 Å². The number of ether oxygens (including phenoxy) is 1. The summed E-state index contributed by atoms with van der Waals surface area (Å²) in [5.41, 5.74) is 3.69. The van der Waals surface area contributed by atoms with E-state index in [4.69, 9.17) is 4.74 Å². The summed E-state index contributed by atoms with van der Waals surface area (Å²) in [6.45, 7) is 9.05. The topological polar surface area (TPSA) is 152 Å². The minimum atomic E-state index is -0.852. The minimum absolute atomic E-state index is 0.0663. The third-order valence-corrected chi connectivity index (χ3v) is 7.30. The Balaban J connectivity index is 1.35. The molecule has 0 radical (unpaired) electrons. The number of aryl methyl sites for hydroxylation is 2. The molecule has 0 saturated carbocycles. The summed E-state index contributed by atoms with van der Waals surface area (Å²) < 4.78 is 5.78. The van der Waals surface area contributed by atoms with Crippen LogP contribution in [0.4, 0.5) is 5.69 Å². The number of hydrogen-bond donors (Lipinski definition) is 5. The summed E-state index contributed by atoms with van der Waals surface area (Å²) in [6, 6.07) is 10.7. The first kappa shape index (κ1) is 29.0. The SMILES string of the molecule is CNCC(C)(C)CN1C(=O)c2cc3nc(-c4c(NCC(O)COc5ccc(C)cc5C)cc[nH]c4=O)[nH]c3cc2C1=O. The maximum absolute atomic E-state index is 13.2. The van der Waals surface area contributed by atoms with Gasteiger partial charge in [-0.15, -0.1) is 0 Å². The van der Waals surface area contributed by atoms with Crippen LogP contribution in [0.1, 0.15) is 45.7 Å². The highest BCUT2D eigenvalue weighted by molar-refractivity contribution is 6.22. The first-order valence-corrected chi connectivity index (χ1v) is 13.9. The average molecular weight is 573 g/mol. The second-order valence-electron chi connectivity index (χ2n) is 11.6. The van der Waals surface area contributed by atoms with Crippen molar-refractivity contribution in [2.45, 2.75) is 33.8 Å². The van der Waals surface area contributed by atoms with Crippen LogP contribution in [0.2, 0.25) is 0 Å². The van der Waals surface area contributed by atoms with Crippen LogP contribution in [-0.2, 0) is 0 Å². The van der Waals surface area contributed by atoms with Crippen molar-refractivity contribution in [2.24, 2.45) is 5.41 Å². The van der Waals surface area contributed by atoms with Crippen molar-refractivity contribution in [1.29, 1.82) is 0 Å². The number of imide groups is 1. The van der Waals surface area contributed by atoms with Crippen LogP contribution >= 0.6 is 0 Å². The van der Waals surface area contributed by atoms with Crippen LogP contribution in [0.25, 0.3) is 22.4 Å². The third kappa shape index (κ3) is 5.79. The highest BCUT2D eigenvalue weighted by atomic mass is 16.5. The Hall–Kier alpha value is -4.48. The molecular weight excluding hydrogens is 536 g/mol. The van der Waals surface area contributed by atoms with E-state index in [0.717, 1.165) is 11.1 Å². The molecule has 1 aliphatic heterocycles. The fraction of sp³-hybridized carbons (Fsp3) is 0.355. The largest absolute Gasteiger partial charge is 0.491 e. The number of fused-ring (bicyclic) bond motifs is 2. The van der Waals surface area contributed by atoms with Crippen molar-refractivity contribution in [3.05, 3.63) is 75.2 Å². The Kier molecular flexibility index (Phi) is 7.89. The van der Waals surface area contributed by atoms with Gasteiger partial charge in [-0.05, 0) is 56.1 Å². The molecule has 2 aromatic heterocycles. The first-order valence-electron chi connectivity index (χ1n) is 13.9. The lowest BCUT2D eigenvalue weighted by Crippen LogP contribution is -2.42. The van der Waals surface area contributed by atoms with E-state index in [1.54, 1.807) is 18.2 Å². The van der Waals surface area contributed by atoms with Gasteiger partial charge in [0.25, 0.3) is 17.4 Å². The van der Waals surface area contributed by atoms with Crippen molar-refractivity contribution in [3.63, 3.8) is 0 Å². The Bertz CT molecular complexity index is 1670. The molecule has 0 aliphatic carbocycles. The van der Waals surface area contributed by atoms with E-state index in [1.807, 2.05) is 52.9 Å². The van der Waals surface area contributed by atoms with Crippen LogP contribution in [0.3, 0.4) is 0 Å². The number of carbonyl (C=O) groups is 2. The van der Waals surface area contributed by atoms with E-state index in [1.165, 1.54) is 11.1 Å². The van der Waals surface area contributed by atoms with Crippen molar-refractivity contribution in [3.8, 4) is 17.1 Å². The molecular formula is C31H36N6O5. The molecule has 220 valence electrons. The molecule has 0 bridgehead atoms. The number of aliphatic hydroxyl groups is 1. The molecule has 5 rings (SSSR count). The molecule has 3 heterocycles. The average Bonchev–Trinajstić information content (AvgIpc) is 3.44. The Labute approximate surface area is 243 Å². The molecule has 2 amide bonds. The number of carbonyl (C=O) groups excluding carboxylic acids is 2. The van der Waals surface area contributed by atoms with Crippen molar-refractivity contribution >= 4 is 28.5 Å². The first-order chi connectivity index (χ1) is 20.0. The second kappa shape index (κ2) is 11.4. The fourth-order valence-electron chi connectivity index (χ4n) is 5.31. The molecule has 4 aromatic rings. The van der Waals surface area contributed by atoms with Gasteiger partial charge in [0.1, 0.15) is 29.8 Å². The maximum Gasteiger partial charge on any atom is 0.261 e. The van der Waals surface area contributed by atoms with Gasteiger partial charge in [-0.1, -0.05) is 31.5 Å². The minimum Gasteiger partial charge on any atom is -0.491 e. The van der Waals surface area contributed by atoms with Gasteiger partial charge in [-0.2, -0.15) is 0 Å². The number of pyridine rings is 1. The third-order valence-electron chi connectivity index (χ3n) is 7.30. The zero-order chi connectivity index (χ0) is 30.2. The molecule has 1 unspecified atom stereocenters. The number of benzene rings is 2. The molecule has 0 fully saturated rings. The number of H-pyrrole nitrogens is 2. The number of nitrogens with zero attached hydrogens (tertiary/aromatic N) is 2. The second-order valence-corrected chi connectivity index (χ2v) is 11.6. The quantitative estimate of drug-likeness (QED) is 0.172. The molecule has 11 nitrogen and oxygen atoms in total. The molecule has 5 N–H and O–H groups in total. The van der Waals surface area contributed by atoms with Gasteiger partial charge in [-0.25, -0.2) is 4.98 Å². The number of imidazole rings is 1. The molecule has 11 heteroatoms. The summed E-state index contributed by atoms with van der Waals surface area (Å²) in [4.78, 5) is 51.0. The summed E-state index contributed by atoms with van der Waals surface area (Å²) >= 11 is 0. The standard InChI is InChI=1S/C31H36N6O5/c1-17-6-7-25(18(2)10-17)42-14-19(38)13-34-22-8-9-33-28(39)26(22)27-35-23-11-20-21(12-24(23)36-27)30(41)37(29(20)40)16-31(3,4)15-32-5/h6-12,19,32,38H,13-16H2,1-5H3,(H,35,36)(H2,33,34,39). The number of aromatic amines is 2. The summed E-state index contributed by atoms with van der Waals surface area (Å²) in [6.07, 6.45) is 0.653.